The Morgan fingerprint density at radius 2 is 1.42 bits per heavy atom. The quantitative estimate of drug-likeness (QED) is 0.306. The van der Waals surface area contributed by atoms with Crippen molar-refractivity contribution in [1.29, 1.82) is 0 Å². The molecular formula is C18H20Br3F3N6O. The molecule has 170 valence electrons. The molecule has 0 fully saturated rings. The Kier molecular flexibility index (Phi) is 8.68. The standard InChI is InChI=1S/C13H13BrF3N3O.C5H7Br2N3/c1-7(2)20-12(18-11(14)19-20)21-10-5-8(3)4-9(6-10)13(15,16)17;1-3(2)10-5(7)8-4(6)9-10/h4-7H,1-3H3;3H,1-2H3. The summed E-state index contributed by atoms with van der Waals surface area (Å²) in [5.41, 5.74) is -0.304. The van der Waals surface area contributed by atoms with E-state index in [-0.39, 0.29) is 17.8 Å². The van der Waals surface area contributed by atoms with Gasteiger partial charge in [-0.2, -0.15) is 23.1 Å². The van der Waals surface area contributed by atoms with Crippen LogP contribution in [0.15, 0.2) is 32.4 Å². The van der Waals surface area contributed by atoms with Crippen LogP contribution in [0.2, 0.25) is 0 Å². The molecule has 0 amide bonds. The van der Waals surface area contributed by atoms with Crippen LogP contribution in [0.5, 0.6) is 11.8 Å². The molecule has 0 bridgehead atoms. The Balaban J connectivity index is 0.000000285. The van der Waals surface area contributed by atoms with Gasteiger partial charge >= 0.3 is 12.2 Å². The average Bonchev–Trinajstić information content (AvgIpc) is 3.15. The van der Waals surface area contributed by atoms with Crippen molar-refractivity contribution >= 4 is 47.8 Å². The molecule has 2 aromatic heterocycles. The maximum atomic E-state index is 12.8. The Bertz CT molecular complexity index is 1030. The Morgan fingerprint density at radius 3 is 1.87 bits per heavy atom. The third kappa shape index (κ3) is 7.28. The number of hydrogen-bond donors (Lipinski definition) is 0. The van der Waals surface area contributed by atoms with E-state index >= 15 is 0 Å². The first-order valence-electron chi connectivity index (χ1n) is 9.04. The van der Waals surface area contributed by atoms with Crippen LogP contribution in [-0.2, 0) is 6.18 Å². The number of rotatable bonds is 4. The lowest BCUT2D eigenvalue weighted by Gasteiger charge is -2.12. The molecule has 0 saturated carbocycles. The van der Waals surface area contributed by atoms with Gasteiger partial charge in [0.15, 0.2) is 4.73 Å². The van der Waals surface area contributed by atoms with Crippen LogP contribution in [0.25, 0.3) is 0 Å². The molecule has 0 spiro atoms. The van der Waals surface area contributed by atoms with Gasteiger partial charge in [-0.1, -0.05) is 0 Å². The van der Waals surface area contributed by atoms with Crippen molar-refractivity contribution in [2.24, 2.45) is 0 Å². The first-order valence-corrected chi connectivity index (χ1v) is 11.4. The first-order chi connectivity index (χ1) is 14.3. The monoisotopic (exact) mass is 630 g/mol. The van der Waals surface area contributed by atoms with E-state index in [2.05, 4.69) is 68.0 Å². The highest BCUT2D eigenvalue weighted by molar-refractivity contribution is 9.11. The summed E-state index contributed by atoms with van der Waals surface area (Å²) < 4.78 is 48.8. The summed E-state index contributed by atoms with van der Waals surface area (Å²) in [6, 6.07) is 3.97. The second-order valence-electron chi connectivity index (χ2n) is 7.02. The van der Waals surface area contributed by atoms with Crippen molar-refractivity contribution in [1.82, 2.24) is 29.5 Å². The third-order valence-corrected chi connectivity index (χ3v) is 4.92. The number of aryl methyl sites for hydroxylation is 1. The summed E-state index contributed by atoms with van der Waals surface area (Å²) >= 11 is 9.58. The molecule has 7 nitrogen and oxygen atoms in total. The average molecular weight is 633 g/mol. The van der Waals surface area contributed by atoms with E-state index in [1.165, 1.54) is 10.7 Å². The summed E-state index contributed by atoms with van der Waals surface area (Å²) in [6.45, 7) is 9.40. The number of aromatic nitrogens is 6. The summed E-state index contributed by atoms with van der Waals surface area (Å²) in [4.78, 5) is 8.03. The third-order valence-electron chi connectivity index (χ3n) is 3.70. The van der Waals surface area contributed by atoms with Gasteiger partial charge < -0.3 is 4.74 Å². The number of hydrogen-bond acceptors (Lipinski definition) is 5. The maximum Gasteiger partial charge on any atom is 0.416 e. The van der Waals surface area contributed by atoms with E-state index in [0.717, 1.165) is 16.9 Å². The molecule has 0 aliphatic heterocycles. The normalized spacial score (nSPS) is 11.6. The zero-order chi connectivity index (χ0) is 23.5. The van der Waals surface area contributed by atoms with Crippen molar-refractivity contribution in [3.8, 4) is 11.8 Å². The van der Waals surface area contributed by atoms with Crippen LogP contribution in [-0.4, -0.2) is 29.5 Å². The first kappa shape index (κ1) is 25.8. The summed E-state index contributed by atoms with van der Waals surface area (Å²) in [5, 5.41) is 8.16. The number of alkyl halides is 3. The summed E-state index contributed by atoms with van der Waals surface area (Å²) in [7, 11) is 0. The number of halogens is 6. The van der Waals surface area contributed by atoms with E-state index in [1.807, 2.05) is 27.7 Å². The zero-order valence-corrected chi connectivity index (χ0v) is 22.0. The van der Waals surface area contributed by atoms with E-state index in [0.29, 0.717) is 21.1 Å². The van der Waals surface area contributed by atoms with Gasteiger partial charge in [-0.05, 0) is 106 Å². The number of ether oxygens (including phenoxy) is 1. The maximum absolute atomic E-state index is 12.8. The van der Waals surface area contributed by atoms with Crippen LogP contribution in [0.3, 0.4) is 0 Å². The van der Waals surface area contributed by atoms with E-state index in [4.69, 9.17) is 4.74 Å². The predicted molar refractivity (Wildman–Crippen MR) is 120 cm³/mol. The lowest BCUT2D eigenvalue weighted by atomic mass is 10.1. The van der Waals surface area contributed by atoms with Gasteiger partial charge in [0.25, 0.3) is 0 Å². The van der Waals surface area contributed by atoms with Crippen molar-refractivity contribution in [2.75, 3.05) is 0 Å². The largest absolute Gasteiger partial charge is 0.424 e. The molecule has 0 unspecified atom stereocenters. The van der Waals surface area contributed by atoms with Crippen LogP contribution >= 0.6 is 47.8 Å². The smallest absolute Gasteiger partial charge is 0.416 e. The molecule has 2 heterocycles. The summed E-state index contributed by atoms with van der Waals surface area (Å²) in [6.07, 6.45) is -4.42. The van der Waals surface area contributed by atoms with Gasteiger partial charge in [-0.3, -0.25) is 0 Å². The second-order valence-corrected chi connectivity index (χ2v) is 9.15. The van der Waals surface area contributed by atoms with Crippen LogP contribution in [0.4, 0.5) is 13.2 Å². The van der Waals surface area contributed by atoms with E-state index in [1.54, 1.807) is 11.6 Å². The van der Waals surface area contributed by atoms with Gasteiger partial charge in [0.1, 0.15) is 5.75 Å². The van der Waals surface area contributed by atoms with Gasteiger partial charge in [-0.15, -0.1) is 10.2 Å². The molecule has 3 aromatic rings. The lowest BCUT2D eigenvalue weighted by Crippen LogP contribution is -2.07. The lowest BCUT2D eigenvalue weighted by molar-refractivity contribution is -0.137. The fourth-order valence-electron chi connectivity index (χ4n) is 2.37. The molecule has 0 atom stereocenters. The van der Waals surface area contributed by atoms with Crippen molar-refractivity contribution < 1.29 is 17.9 Å². The molecule has 1 aromatic carbocycles. The SMILES string of the molecule is CC(C)n1nc(Br)nc1Br.Cc1cc(Oc2nc(Br)nn2C(C)C)cc(C(F)(F)F)c1. The molecular weight excluding hydrogens is 613 g/mol. The second kappa shape index (κ2) is 10.4. The minimum Gasteiger partial charge on any atom is -0.424 e. The molecule has 0 aliphatic rings. The van der Waals surface area contributed by atoms with E-state index in [9.17, 15) is 13.2 Å². The van der Waals surface area contributed by atoms with Crippen LogP contribution in [0.1, 0.15) is 50.9 Å². The van der Waals surface area contributed by atoms with E-state index < -0.39 is 11.7 Å². The van der Waals surface area contributed by atoms with Crippen LogP contribution < -0.4 is 4.74 Å². The highest BCUT2D eigenvalue weighted by Crippen LogP contribution is 2.34. The van der Waals surface area contributed by atoms with Gasteiger partial charge in [0, 0.05) is 6.04 Å². The van der Waals surface area contributed by atoms with Crippen molar-refractivity contribution in [3.05, 3.63) is 43.5 Å². The fourth-order valence-corrected chi connectivity index (χ4v) is 3.93. The molecule has 3 rings (SSSR count). The minimum atomic E-state index is -4.42. The van der Waals surface area contributed by atoms with Crippen molar-refractivity contribution in [2.45, 2.75) is 52.9 Å². The Hall–Kier alpha value is -1.47. The molecule has 31 heavy (non-hydrogen) atoms. The fraction of sp³-hybridized carbons (Fsp3) is 0.444. The molecule has 13 heteroatoms. The molecule has 0 N–H and O–H groups in total. The zero-order valence-electron chi connectivity index (χ0n) is 17.2. The number of nitrogens with zero attached hydrogens (tertiary/aromatic N) is 6. The van der Waals surface area contributed by atoms with Gasteiger partial charge in [-0.25, -0.2) is 9.36 Å². The molecule has 0 aliphatic carbocycles. The minimum absolute atomic E-state index is 0.0364. The summed E-state index contributed by atoms with van der Waals surface area (Å²) in [5.74, 6) is 0.0733. The Labute approximate surface area is 202 Å². The highest BCUT2D eigenvalue weighted by Gasteiger charge is 2.31. The van der Waals surface area contributed by atoms with Gasteiger partial charge in [0.2, 0.25) is 9.47 Å². The van der Waals surface area contributed by atoms with Crippen LogP contribution in [0, 0.1) is 6.92 Å². The van der Waals surface area contributed by atoms with Crippen molar-refractivity contribution in [3.63, 3.8) is 0 Å². The number of benzene rings is 1. The topological polar surface area (TPSA) is 70.7 Å². The Morgan fingerprint density at radius 1 is 0.871 bits per heavy atom. The molecule has 0 radical (unpaired) electrons. The highest BCUT2D eigenvalue weighted by atomic mass is 79.9. The molecule has 0 saturated heterocycles. The predicted octanol–water partition coefficient (Wildman–Crippen LogP) is 7.13. The van der Waals surface area contributed by atoms with Gasteiger partial charge in [0.05, 0.1) is 11.6 Å².